The van der Waals surface area contributed by atoms with Crippen LogP contribution in [0.25, 0.3) is 10.8 Å². The first-order valence-corrected chi connectivity index (χ1v) is 6.12. The van der Waals surface area contributed by atoms with Crippen LogP contribution < -0.4 is 11.1 Å². The predicted octanol–water partition coefficient (Wildman–Crippen LogP) is 2.46. The van der Waals surface area contributed by atoms with Crippen molar-refractivity contribution in [3.63, 3.8) is 0 Å². The van der Waals surface area contributed by atoms with E-state index in [9.17, 15) is 4.79 Å². The van der Waals surface area contributed by atoms with Crippen LogP contribution in [0.2, 0.25) is 0 Å². The van der Waals surface area contributed by atoms with Gasteiger partial charge in [0.05, 0.1) is 0 Å². The van der Waals surface area contributed by atoms with Gasteiger partial charge < -0.3 is 11.1 Å². The van der Waals surface area contributed by atoms with Crippen molar-refractivity contribution in [2.45, 2.75) is 0 Å². The number of nitrogens with zero attached hydrogens (tertiary/aromatic N) is 2. The molecule has 0 radical (unpaired) electrons. The van der Waals surface area contributed by atoms with Crippen LogP contribution in [0.5, 0.6) is 0 Å². The average Bonchev–Trinajstić information content (AvgIpc) is 2.48. The van der Waals surface area contributed by atoms with Crippen molar-refractivity contribution in [2.24, 2.45) is 0 Å². The minimum atomic E-state index is -0.311. The van der Waals surface area contributed by atoms with Crippen LogP contribution >= 0.6 is 0 Å². The van der Waals surface area contributed by atoms with Gasteiger partial charge in [0.1, 0.15) is 5.82 Å². The third-order valence-corrected chi connectivity index (χ3v) is 2.96. The fourth-order valence-corrected chi connectivity index (χ4v) is 1.98. The summed E-state index contributed by atoms with van der Waals surface area (Å²) in [6, 6.07) is 16.7. The van der Waals surface area contributed by atoms with E-state index in [2.05, 4.69) is 15.5 Å². The Kier molecular flexibility index (Phi) is 3.01. The number of anilines is 2. The summed E-state index contributed by atoms with van der Waals surface area (Å²) in [6.07, 6.45) is 0. The molecule has 0 fully saturated rings. The number of benzene rings is 2. The SMILES string of the molecule is Nc1ccc(C(=O)Nc2cccc3ccccc23)nn1. The van der Waals surface area contributed by atoms with Gasteiger partial charge in [0.15, 0.2) is 5.69 Å². The Morgan fingerprint density at radius 1 is 0.950 bits per heavy atom. The van der Waals surface area contributed by atoms with Gasteiger partial charge >= 0.3 is 0 Å². The van der Waals surface area contributed by atoms with E-state index in [1.54, 1.807) is 12.1 Å². The third kappa shape index (κ3) is 2.29. The summed E-state index contributed by atoms with van der Waals surface area (Å²) in [5.41, 5.74) is 6.42. The molecule has 0 saturated carbocycles. The van der Waals surface area contributed by atoms with Crippen LogP contribution in [0.3, 0.4) is 0 Å². The lowest BCUT2D eigenvalue weighted by atomic mass is 10.1. The quantitative estimate of drug-likeness (QED) is 0.745. The summed E-state index contributed by atoms with van der Waals surface area (Å²) in [7, 11) is 0. The summed E-state index contributed by atoms with van der Waals surface area (Å²) >= 11 is 0. The molecule has 1 amide bonds. The van der Waals surface area contributed by atoms with Crippen molar-refractivity contribution in [2.75, 3.05) is 11.1 Å². The minimum Gasteiger partial charge on any atom is -0.382 e. The fourth-order valence-electron chi connectivity index (χ4n) is 1.98. The number of nitrogens with two attached hydrogens (primary N) is 1. The maximum atomic E-state index is 12.1. The van der Waals surface area contributed by atoms with Gasteiger partial charge in [-0.3, -0.25) is 4.79 Å². The monoisotopic (exact) mass is 264 g/mol. The molecule has 0 bridgehead atoms. The summed E-state index contributed by atoms with van der Waals surface area (Å²) in [6.45, 7) is 0. The number of aromatic nitrogens is 2. The van der Waals surface area contributed by atoms with E-state index in [1.807, 2.05) is 42.5 Å². The molecule has 0 saturated heterocycles. The minimum absolute atomic E-state index is 0.229. The van der Waals surface area contributed by atoms with E-state index in [1.165, 1.54) is 0 Å². The molecule has 5 heteroatoms. The molecule has 98 valence electrons. The zero-order valence-corrected chi connectivity index (χ0v) is 10.6. The van der Waals surface area contributed by atoms with Crippen LogP contribution in [0, 0.1) is 0 Å². The number of hydrogen-bond acceptors (Lipinski definition) is 4. The smallest absolute Gasteiger partial charge is 0.276 e. The average molecular weight is 264 g/mol. The maximum Gasteiger partial charge on any atom is 0.276 e. The van der Waals surface area contributed by atoms with Crippen LogP contribution in [-0.4, -0.2) is 16.1 Å². The van der Waals surface area contributed by atoms with Gasteiger partial charge in [0, 0.05) is 11.1 Å². The third-order valence-electron chi connectivity index (χ3n) is 2.96. The van der Waals surface area contributed by atoms with Gasteiger partial charge in [0.2, 0.25) is 0 Å². The zero-order chi connectivity index (χ0) is 13.9. The standard InChI is InChI=1S/C15H12N4O/c16-14-9-8-13(18-19-14)15(20)17-12-7-3-5-10-4-1-2-6-11(10)12/h1-9H,(H2,16,19)(H,17,20). The molecule has 3 aromatic rings. The van der Waals surface area contributed by atoms with Crippen LogP contribution in [0.1, 0.15) is 10.5 Å². The Morgan fingerprint density at radius 2 is 1.75 bits per heavy atom. The lowest BCUT2D eigenvalue weighted by molar-refractivity contribution is 0.102. The molecular formula is C15H12N4O. The normalized spacial score (nSPS) is 10.4. The fraction of sp³-hybridized carbons (Fsp3) is 0. The molecule has 0 aliphatic heterocycles. The van der Waals surface area contributed by atoms with E-state index < -0.39 is 0 Å². The van der Waals surface area contributed by atoms with Crippen LogP contribution in [0.4, 0.5) is 11.5 Å². The highest BCUT2D eigenvalue weighted by Gasteiger charge is 2.09. The van der Waals surface area contributed by atoms with Crippen molar-refractivity contribution in [1.29, 1.82) is 0 Å². The molecule has 1 aromatic heterocycles. The second kappa shape index (κ2) is 4.97. The van der Waals surface area contributed by atoms with Gasteiger partial charge in [-0.1, -0.05) is 36.4 Å². The van der Waals surface area contributed by atoms with Crippen LogP contribution in [-0.2, 0) is 0 Å². The molecule has 0 unspecified atom stereocenters. The Labute approximate surface area is 115 Å². The number of rotatable bonds is 2. The van der Waals surface area contributed by atoms with E-state index in [0.29, 0.717) is 0 Å². The first-order valence-electron chi connectivity index (χ1n) is 6.12. The molecule has 1 heterocycles. The largest absolute Gasteiger partial charge is 0.382 e. The molecule has 0 aliphatic rings. The first-order chi connectivity index (χ1) is 9.74. The van der Waals surface area contributed by atoms with Crippen LogP contribution in [0.15, 0.2) is 54.6 Å². The predicted molar refractivity (Wildman–Crippen MR) is 78.3 cm³/mol. The Bertz CT molecular complexity index is 763. The van der Waals surface area contributed by atoms with Gasteiger partial charge in [-0.15, -0.1) is 10.2 Å². The second-order valence-electron chi connectivity index (χ2n) is 4.32. The highest BCUT2D eigenvalue weighted by molar-refractivity contribution is 6.08. The van der Waals surface area contributed by atoms with Gasteiger partial charge in [-0.05, 0) is 23.6 Å². The van der Waals surface area contributed by atoms with Crippen molar-refractivity contribution < 1.29 is 4.79 Å². The molecule has 3 rings (SSSR count). The molecule has 0 atom stereocenters. The van der Waals surface area contributed by atoms with E-state index in [4.69, 9.17) is 5.73 Å². The molecule has 20 heavy (non-hydrogen) atoms. The highest BCUT2D eigenvalue weighted by Crippen LogP contribution is 2.23. The lowest BCUT2D eigenvalue weighted by Crippen LogP contribution is -2.14. The van der Waals surface area contributed by atoms with E-state index in [0.717, 1.165) is 16.5 Å². The van der Waals surface area contributed by atoms with E-state index in [-0.39, 0.29) is 17.4 Å². The number of fused-ring (bicyclic) bond motifs is 1. The number of nitrogens with one attached hydrogen (secondary N) is 1. The molecular weight excluding hydrogens is 252 g/mol. The van der Waals surface area contributed by atoms with Gasteiger partial charge in [-0.25, -0.2) is 0 Å². The number of carbonyl (C=O) groups excluding carboxylic acids is 1. The Hall–Kier alpha value is -2.95. The topological polar surface area (TPSA) is 80.9 Å². The van der Waals surface area contributed by atoms with Crippen molar-refractivity contribution in [3.05, 3.63) is 60.3 Å². The number of carbonyl (C=O) groups is 1. The van der Waals surface area contributed by atoms with E-state index >= 15 is 0 Å². The molecule has 0 aliphatic carbocycles. The summed E-state index contributed by atoms with van der Waals surface area (Å²) in [5, 5.41) is 12.3. The zero-order valence-electron chi connectivity index (χ0n) is 10.6. The molecule has 5 nitrogen and oxygen atoms in total. The summed E-state index contributed by atoms with van der Waals surface area (Å²) in [5.74, 6) is -0.0273. The highest BCUT2D eigenvalue weighted by atomic mass is 16.1. The Morgan fingerprint density at radius 3 is 2.55 bits per heavy atom. The molecule has 2 aromatic carbocycles. The molecule has 3 N–H and O–H groups in total. The summed E-state index contributed by atoms with van der Waals surface area (Å²) < 4.78 is 0. The maximum absolute atomic E-state index is 12.1. The second-order valence-corrected chi connectivity index (χ2v) is 4.32. The summed E-state index contributed by atoms with van der Waals surface area (Å²) in [4.78, 5) is 12.1. The van der Waals surface area contributed by atoms with Crippen molar-refractivity contribution >= 4 is 28.2 Å². The van der Waals surface area contributed by atoms with Gasteiger partial charge in [0.25, 0.3) is 5.91 Å². The number of amides is 1. The molecule has 0 spiro atoms. The number of hydrogen-bond donors (Lipinski definition) is 2. The first kappa shape index (κ1) is 12.1. The Balaban J connectivity index is 1.93. The van der Waals surface area contributed by atoms with Crippen molar-refractivity contribution in [3.8, 4) is 0 Å². The number of nitrogen functional groups attached to an aromatic ring is 1. The van der Waals surface area contributed by atoms with Crippen molar-refractivity contribution in [1.82, 2.24) is 10.2 Å². The van der Waals surface area contributed by atoms with Gasteiger partial charge in [-0.2, -0.15) is 0 Å². The lowest BCUT2D eigenvalue weighted by Gasteiger charge is -2.08.